The van der Waals surface area contributed by atoms with Crippen LogP contribution in [-0.4, -0.2) is 37.4 Å². The average molecular weight is 275 g/mol. The van der Waals surface area contributed by atoms with Gasteiger partial charge in [-0.1, -0.05) is 13.8 Å². The minimum Gasteiger partial charge on any atom is -0.496 e. The van der Waals surface area contributed by atoms with E-state index < -0.39 is 0 Å². The van der Waals surface area contributed by atoms with Crippen molar-refractivity contribution in [2.75, 3.05) is 26.7 Å². The molecule has 0 N–H and O–H groups in total. The number of carbonyl (C=O) groups is 1. The van der Waals surface area contributed by atoms with Gasteiger partial charge in [0, 0.05) is 12.1 Å². The van der Waals surface area contributed by atoms with Crippen LogP contribution in [0.15, 0.2) is 18.2 Å². The molecule has 1 atom stereocenters. The molecule has 1 fully saturated rings. The van der Waals surface area contributed by atoms with Gasteiger partial charge in [0.1, 0.15) is 5.75 Å². The Labute approximate surface area is 121 Å². The summed E-state index contributed by atoms with van der Waals surface area (Å²) in [5, 5.41) is 0. The van der Waals surface area contributed by atoms with E-state index in [2.05, 4.69) is 18.7 Å². The molecule has 1 saturated heterocycles. The third-order valence-electron chi connectivity index (χ3n) is 4.09. The van der Waals surface area contributed by atoms with Gasteiger partial charge in [0.05, 0.1) is 13.7 Å². The first-order chi connectivity index (χ1) is 9.63. The van der Waals surface area contributed by atoms with Gasteiger partial charge in [-0.15, -0.1) is 0 Å². The normalized spacial score (nSPS) is 19.9. The molecule has 1 heterocycles. The summed E-state index contributed by atoms with van der Waals surface area (Å²) in [7, 11) is 1.67. The lowest BCUT2D eigenvalue weighted by Crippen LogP contribution is -2.38. The standard InChI is InChI=1S/C17H25NO2/c1-4-14-10-15(7-8-17(14)20-3)16(19)12-18-9-5-6-13(2)11-18/h7-8,10,13H,4-6,9,11-12H2,1-3H3. The molecule has 3 heteroatoms. The maximum Gasteiger partial charge on any atom is 0.176 e. The summed E-state index contributed by atoms with van der Waals surface area (Å²) in [6.45, 7) is 6.98. The van der Waals surface area contributed by atoms with Crippen molar-refractivity contribution in [2.24, 2.45) is 5.92 Å². The molecular weight excluding hydrogens is 250 g/mol. The van der Waals surface area contributed by atoms with E-state index in [4.69, 9.17) is 4.74 Å². The number of hydrogen-bond donors (Lipinski definition) is 0. The molecule has 0 aliphatic carbocycles. The van der Waals surface area contributed by atoms with Gasteiger partial charge in [0.2, 0.25) is 0 Å². The lowest BCUT2D eigenvalue weighted by Gasteiger charge is -2.30. The zero-order chi connectivity index (χ0) is 14.5. The largest absolute Gasteiger partial charge is 0.496 e. The van der Waals surface area contributed by atoms with E-state index in [0.29, 0.717) is 12.5 Å². The molecule has 0 saturated carbocycles. The zero-order valence-corrected chi connectivity index (χ0v) is 12.8. The Bertz CT molecular complexity index is 470. The average Bonchev–Trinajstić information content (AvgIpc) is 2.46. The van der Waals surface area contributed by atoms with Gasteiger partial charge in [0.15, 0.2) is 5.78 Å². The maximum absolute atomic E-state index is 12.4. The summed E-state index contributed by atoms with van der Waals surface area (Å²) >= 11 is 0. The van der Waals surface area contributed by atoms with E-state index in [1.807, 2.05) is 18.2 Å². The second-order valence-electron chi connectivity index (χ2n) is 5.79. The molecule has 1 aromatic rings. The molecule has 0 amide bonds. The smallest absolute Gasteiger partial charge is 0.176 e. The second kappa shape index (κ2) is 6.89. The van der Waals surface area contributed by atoms with Crippen molar-refractivity contribution in [1.82, 2.24) is 4.90 Å². The fraction of sp³-hybridized carbons (Fsp3) is 0.588. The first-order valence-electron chi connectivity index (χ1n) is 7.56. The number of Topliss-reactive ketones (excluding diaryl/α,β-unsaturated/α-hetero) is 1. The SMILES string of the molecule is CCc1cc(C(=O)CN2CCCC(C)C2)ccc1OC. The van der Waals surface area contributed by atoms with Gasteiger partial charge in [-0.3, -0.25) is 9.69 Å². The Balaban J connectivity index is 2.05. The van der Waals surface area contributed by atoms with Crippen LogP contribution in [0.25, 0.3) is 0 Å². The van der Waals surface area contributed by atoms with Crippen LogP contribution in [0.2, 0.25) is 0 Å². The van der Waals surface area contributed by atoms with E-state index in [0.717, 1.165) is 36.4 Å². The fourth-order valence-corrected chi connectivity index (χ4v) is 2.95. The topological polar surface area (TPSA) is 29.5 Å². The van der Waals surface area contributed by atoms with Crippen molar-refractivity contribution >= 4 is 5.78 Å². The van der Waals surface area contributed by atoms with Crippen molar-refractivity contribution < 1.29 is 9.53 Å². The van der Waals surface area contributed by atoms with Crippen LogP contribution in [0.1, 0.15) is 42.6 Å². The maximum atomic E-state index is 12.4. The Morgan fingerprint density at radius 1 is 1.45 bits per heavy atom. The Morgan fingerprint density at radius 2 is 2.25 bits per heavy atom. The molecule has 1 aromatic carbocycles. The minimum atomic E-state index is 0.219. The molecule has 0 bridgehead atoms. The highest BCUT2D eigenvalue weighted by molar-refractivity contribution is 5.98. The Kier molecular flexibility index (Phi) is 5.18. The van der Waals surface area contributed by atoms with Crippen LogP contribution >= 0.6 is 0 Å². The van der Waals surface area contributed by atoms with Gasteiger partial charge in [-0.05, 0) is 55.5 Å². The van der Waals surface area contributed by atoms with Crippen molar-refractivity contribution in [3.05, 3.63) is 29.3 Å². The van der Waals surface area contributed by atoms with Crippen molar-refractivity contribution in [3.8, 4) is 5.75 Å². The first-order valence-corrected chi connectivity index (χ1v) is 7.56. The first kappa shape index (κ1) is 15.0. The van der Waals surface area contributed by atoms with Gasteiger partial charge in [-0.2, -0.15) is 0 Å². The van der Waals surface area contributed by atoms with Gasteiger partial charge >= 0.3 is 0 Å². The van der Waals surface area contributed by atoms with Gasteiger partial charge in [0.25, 0.3) is 0 Å². The van der Waals surface area contributed by atoms with Crippen molar-refractivity contribution in [1.29, 1.82) is 0 Å². The number of ketones is 1. The molecule has 0 aromatic heterocycles. The number of piperidine rings is 1. The second-order valence-corrected chi connectivity index (χ2v) is 5.79. The highest BCUT2D eigenvalue weighted by Crippen LogP contribution is 2.21. The summed E-state index contributed by atoms with van der Waals surface area (Å²) in [6, 6.07) is 5.77. The molecule has 2 rings (SSSR count). The number of nitrogens with zero attached hydrogens (tertiary/aromatic N) is 1. The molecule has 110 valence electrons. The van der Waals surface area contributed by atoms with E-state index >= 15 is 0 Å². The third-order valence-corrected chi connectivity index (χ3v) is 4.09. The lowest BCUT2D eigenvalue weighted by atomic mass is 9.99. The fourth-order valence-electron chi connectivity index (χ4n) is 2.95. The van der Waals surface area contributed by atoms with Crippen molar-refractivity contribution in [2.45, 2.75) is 33.1 Å². The monoisotopic (exact) mass is 275 g/mol. The number of aryl methyl sites for hydroxylation is 1. The molecule has 1 aliphatic heterocycles. The molecular formula is C17H25NO2. The molecule has 1 unspecified atom stereocenters. The summed E-state index contributed by atoms with van der Waals surface area (Å²) in [5.74, 6) is 1.80. The predicted octanol–water partition coefficient (Wildman–Crippen LogP) is 3.17. The highest BCUT2D eigenvalue weighted by atomic mass is 16.5. The summed E-state index contributed by atoms with van der Waals surface area (Å²) < 4.78 is 5.31. The number of carbonyl (C=O) groups excluding carboxylic acids is 1. The Morgan fingerprint density at radius 3 is 2.90 bits per heavy atom. The number of hydrogen-bond acceptors (Lipinski definition) is 3. The quantitative estimate of drug-likeness (QED) is 0.773. The van der Waals surface area contributed by atoms with E-state index in [1.165, 1.54) is 12.8 Å². The van der Waals surface area contributed by atoms with E-state index in [9.17, 15) is 4.79 Å². The number of ether oxygens (including phenoxy) is 1. The number of methoxy groups -OCH3 is 1. The van der Waals surface area contributed by atoms with Crippen molar-refractivity contribution in [3.63, 3.8) is 0 Å². The van der Waals surface area contributed by atoms with E-state index in [1.54, 1.807) is 7.11 Å². The number of rotatable bonds is 5. The van der Waals surface area contributed by atoms with Crippen LogP contribution in [-0.2, 0) is 6.42 Å². The predicted molar refractivity (Wildman–Crippen MR) is 81.5 cm³/mol. The van der Waals surface area contributed by atoms with Crippen LogP contribution in [0.4, 0.5) is 0 Å². The van der Waals surface area contributed by atoms with Crippen LogP contribution < -0.4 is 4.74 Å². The third kappa shape index (κ3) is 3.60. The van der Waals surface area contributed by atoms with Gasteiger partial charge < -0.3 is 4.74 Å². The van der Waals surface area contributed by atoms with Crippen LogP contribution in [0.5, 0.6) is 5.75 Å². The molecule has 0 radical (unpaired) electrons. The number of benzene rings is 1. The van der Waals surface area contributed by atoms with Crippen LogP contribution in [0, 0.1) is 5.92 Å². The van der Waals surface area contributed by atoms with Gasteiger partial charge in [-0.25, -0.2) is 0 Å². The summed E-state index contributed by atoms with van der Waals surface area (Å²) in [4.78, 5) is 14.7. The minimum absolute atomic E-state index is 0.219. The number of likely N-dealkylation sites (tertiary alicyclic amines) is 1. The zero-order valence-electron chi connectivity index (χ0n) is 12.8. The lowest BCUT2D eigenvalue weighted by molar-refractivity contribution is 0.0893. The van der Waals surface area contributed by atoms with Crippen LogP contribution in [0.3, 0.4) is 0 Å². The summed E-state index contributed by atoms with van der Waals surface area (Å²) in [6.07, 6.45) is 3.37. The molecule has 1 aliphatic rings. The Hall–Kier alpha value is -1.35. The highest BCUT2D eigenvalue weighted by Gasteiger charge is 2.19. The summed E-state index contributed by atoms with van der Waals surface area (Å²) in [5.41, 5.74) is 1.91. The molecule has 0 spiro atoms. The molecule has 3 nitrogen and oxygen atoms in total. The van der Waals surface area contributed by atoms with E-state index in [-0.39, 0.29) is 5.78 Å². The molecule has 20 heavy (non-hydrogen) atoms.